The van der Waals surface area contributed by atoms with Crippen LogP contribution >= 0.6 is 28.7 Å². The molecule has 0 atom stereocenters. The average molecular weight is 542 g/mol. The number of thiol groups is 1. The number of carbonyl (C=O) groups is 1. The molecule has 0 aliphatic carbocycles. The summed E-state index contributed by atoms with van der Waals surface area (Å²) in [6.07, 6.45) is -1.96. The molecule has 1 aliphatic heterocycles. The van der Waals surface area contributed by atoms with Gasteiger partial charge in [0.2, 0.25) is 0 Å². The molecule has 2 heterocycles. The van der Waals surface area contributed by atoms with Crippen molar-refractivity contribution < 1.29 is 22.7 Å². The number of piperidine rings is 1. The Morgan fingerprint density at radius 3 is 2.67 bits per heavy atom. The number of ether oxygens (including phenoxy) is 1. The minimum Gasteiger partial charge on any atom is -0.404 e. The van der Waals surface area contributed by atoms with Crippen LogP contribution < -0.4 is 15.0 Å². The van der Waals surface area contributed by atoms with Gasteiger partial charge in [0.05, 0.1) is 11.9 Å². The summed E-state index contributed by atoms with van der Waals surface area (Å²) in [6.45, 7) is 1.23. The molecule has 2 aromatic carbocycles. The molecule has 0 unspecified atom stereocenters. The van der Waals surface area contributed by atoms with Crippen molar-refractivity contribution >= 4 is 57.1 Å². The van der Waals surface area contributed by atoms with Gasteiger partial charge in [-0.05, 0) is 37.1 Å². The number of aromatic nitrogens is 2. The van der Waals surface area contributed by atoms with Gasteiger partial charge >= 0.3 is 12.4 Å². The number of hydrogen-bond donors (Lipinski definition) is 2. The number of fused-ring (bicyclic) bond motifs is 1. The second kappa shape index (κ2) is 9.64. The van der Waals surface area contributed by atoms with E-state index in [2.05, 4.69) is 53.9 Å². The molecule has 2 amide bonds. The van der Waals surface area contributed by atoms with Crippen molar-refractivity contribution in [3.8, 4) is 5.75 Å². The average Bonchev–Trinajstić information content (AvgIpc) is 2.78. The number of nitrogens with zero attached hydrogens (tertiary/aromatic N) is 4. The van der Waals surface area contributed by atoms with Crippen LogP contribution in [0.5, 0.6) is 5.75 Å². The summed E-state index contributed by atoms with van der Waals surface area (Å²) in [5.74, 6) is 0.274. The summed E-state index contributed by atoms with van der Waals surface area (Å²) in [4.78, 5) is 14.8. The fraction of sp³-hybridized carbons (Fsp3) is 0.286. The van der Waals surface area contributed by atoms with Crippen molar-refractivity contribution in [3.05, 3.63) is 53.1 Å². The van der Waals surface area contributed by atoms with Gasteiger partial charge in [0.15, 0.2) is 11.6 Å². The molecule has 3 aromatic rings. The lowest BCUT2D eigenvalue weighted by molar-refractivity contribution is -0.274. The maximum atomic E-state index is 12.7. The first-order valence-corrected chi connectivity index (χ1v) is 11.2. The summed E-state index contributed by atoms with van der Waals surface area (Å²) in [6, 6.07) is 10.4. The normalized spacial score (nSPS) is 14.9. The van der Waals surface area contributed by atoms with Crippen LogP contribution in [0.15, 0.2) is 53.1 Å². The lowest BCUT2D eigenvalue weighted by atomic mass is 10.0. The number of rotatable bonds is 4. The SMILES string of the molecule is O=C(Nc1ccccc1OC(F)(F)F)N(S)C1CCN(c2nncc3ccc(Br)cc23)CC1. The number of amides is 2. The first kappa shape index (κ1) is 23.4. The second-order valence-corrected chi connectivity index (χ2v) is 8.78. The molecule has 0 saturated carbocycles. The van der Waals surface area contributed by atoms with E-state index in [-0.39, 0.29) is 11.7 Å². The Kier molecular flexibility index (Phi) is 6.84. The van der Waals surface area contributed by atoms with Gasteiger partial charge in [-0.15, -0.1) is 18.3 Å². The minimum atomic E-state index is -4.87. The molecular weight excluding hydrogens is 523 g/mol. The van der Waals surface area contributed by atoms with Crippen LogP contribution in [0.3, 0.4) is 0 Å². The lowest BCUT2D eigenvalue weighted by Gasteiger charge is -2.36. The number of nitrogens with one attached hydrogen (secondary N) is 1. The maximum absolute atomic E-state index is 12.7. The molecule has 33 heavy (non-hydrogen) atoms. The van der Waals surface area contributed by atoms with E-state index in [0.717, 1.165) is 27.1 Å². The molecule has 0 radical (unpaired) electrons. The Hall–Kier alpha value is -2.73. The van der Waals surface area contributed by atoms with Gasteiger partial charge in [-0.2, -0.15) is 5.10 Å². The molecule has 174 valence electrons. The van der Waals surface area contributed by atoms with Gasteiger partial charge in [-0.1, -0.05) is 46.9 Å². The maximum Gasteiger partial charge on any atom is 0.573 e. The van der Waals surface area contributed by atoms with Crippen molar-refractivity contribution in [2.45, 2.75) is 25.2 Å². The first-order chi connectivity index (χ1) is 15.7. The Morgan fingerprint density at radius 1 is 1.21 bits per heavy atom. The predicted molar refractivity (Wildman–Crippen MR) is 125 cm³/mol. The highest BCUT2D eigenvalue weighted by molar-refractivity contribution is 9.10. The topological polar surface area (TPSA) is 70.6 Å². The third-order valence-electron chi connectivity index (χ3n) is 5.28. The standard InChI is InChI=1S/C21H19BrF3N5O2S/c22-14-6-5-13-12-26-28-19(16(13)11-14)29-9-7-15(8-10-29)30(33)20(31)27-17-3-1-2-4-18(17)32-21(23,24)25/h1-6,11-12,15,33H,7-10H2,(H,27,31). The number of anilines is 2. The van der Waals surface area contributed by atoms with E-state index < -0.39 is 18.1 Å². The largest absolute Gasteiger partial charge is 0.573 e. The van der Waals surface area contributed by atoms with E-state index in [1.165, 1.54) is 22.5 Å². The van der Waals surface area contributed by atoms with E-state index in [1.54, 1.807) is 6.20 Å². The second-order valence-electron chi connectivity index (χ2n) is 7.44. The van der Waals surface area contributed by atoms with E-state index in [9.17, 15) is 18.0 Å². The van der Waals surface area contributed by atoms with Gasteiger partial charge in [0.25, 0.3) is 0 Å². The minimum absolute atomic E-state index is 0.0899. The Morgan fingerprint density at radius 2 is 1.94 bits per heavy atom. The molecule has 4 rings (SSSR count). The number of alkyl halides is 3. The highest BCUT2D eigenvalue weighted by Gasteiger charge is 2.33. The third kappa shape index (κ3) is 5.61. The number of carbonyl (C=O) groups excluding carboxylic acids is 1. The molecule has 1 aliphatic rings. The summed E-state index contributed by atoms with van der Waals surface area (Å²) in [7, 11) is 0. The monoisotopic (exact) mass is 541 g/mol. The number of urea groups is 1. The highest BCUT2D eigenvalue weighted by Crippen LogP contribution is 2.32. The number of hydrogen-bond acceptors (Lipinski definition) is 6. The Labute approximate surface area is 201 Å². The first-order valence-electron chi connectivity index (χ1n) is 10.0. The van der Waals surface area contributed by atoms with E-state index in [0.29, 0.717) is 25.9 Å². The molecule has 1 N–H and O–H groups in total. The zero-order valence-electron chi connectivity index (χ0n) is 17.1. The quantitative estimate of drug-likeness (QED) is 0.418. The fourth-order valence-electron chi connectivity index (χ4n) is 3.71. The van der Waals surface area contributed by atoms with Gasteiger partial charge in [-0.3, -0.25) is 4.31 Å². The molecule has 12 heteroatoms. The van der Waals surface area contributed by atoms with E-state index >= 15 is 0 Å². The van der Waals surface area contributed by atoms with Crippen molar-refractivity contribution in [2.75, 3.05) is 23.3 Å². The van der Waals surface area contributed by atoms with Crippen LogP contribution in [0.4, 0.5) is 29.5 Å². The van der Waals surface area contributed by atoms with Crippen molar-refractivity contribution in [3.63, 3.8) is 0 Å². The zero-order chi connectivity index (χ0) is 23.6. The highest BCUT2D eigenvalue weighted by atomic mass is 79.9. The van der Waals surface area contributed by atoms with Crippen LogP contribution in [0, 0.1) is 0 Å². The molecular formula is C21H19BrF3N5O2S. The molecule has 1 saturated heterocycles. The van der Waals surface area contributed by atoms with Crippen LogP contribution in [0.25, 0.3) is 10.8 Å². The third-order valence-corrected chi connectivity index (χ3v) is 6.28. The predicted octanol–water partition coefficient (Wildman–Crippen LogP) is 5.64. The van der Waals surface area contributed by atoms with E-state index in [4.69, 9.17) is 0 Å². The molecule has 0 spiro atoms. The molecule has 1 fully saturated rings. The number of halogens is 4. The van der Waals surface area contributed by atoms with Gasteiger partial charge in [-0.25, -0.2) is 4.79 Å². The summed E-state index contributed by atoms with van der Waals surface area (Å²) < 4.78 is 44.0. The number of benzene rings is 2. The lowest BCUT2D eigenvalue weighted by Crippen LogP contribution is -2.45. The Balaban J connectivity index is 1.41. The summed E-state index contributed by atoms with van der Waals surface area (Å²) in [5.41, 5.74) is -0.0899. The van der Waals surface area contributed by atoms with Crippen LogP contribution in [-0.4, -0.2) is 46.0 Å². The van der Waals surface area contributed by atoms with Crippen molar-refractivity contribution in [1.82, 2.24) is 14.5 Å². The zero-order valence-corrected chi connectivity index (χ0v) is 19.6. The van der Waals surface area contributed by atoms with Crippen molar-refractivity contribution in [1.29, 1.82) is 0 Å². The fourth-order valence-corrected chi connectivity index (χ4v) is 4.35. The van der Waals surface area contributed by atoms with Crippen molar-refractivity contribution in [2.24, 2.45) is 0 Å². The summed E-state index contributed by atoms with van der Waals surface area (Å²) in [5, 5.41) is 12.8. The molecule has 0 bridgehead atoms. The smallest absolute Gasteiger partial charge is 0.404 e. The van der Waals surface area contributed by atoms with Crippen LogP contribution in [0.2, 0.25) is 0 Å². The number of para-hydroxylation sites is 2. The van der Waals surface area contributed by atoms with Gasteiger partial charge in [0, 0.05) is 34.4 Å². The van der Waals surface area contributed by atoms with Crippen LogP contribution in [-0.2, 0) is 0 Å². The Bertz CT molecular complexity index is 1160. The summed E-state index contributed by atoms with van der Waals surface area (Å²) >= 11 is 7.80. The van der Waals surface area contributed by atoms with E-state index in [1.807, 2.05) is 18.2 Å². The molecule has 7 nitrogen and oxygen atoms in total. The molecule has 1 aromatic heterocycles. The van der Waals surface area contributed by atoms with Gasteiger partial charge < -0.3 is 15.0 Å². The van der Waals surface area contributed by atoms with Gasteiger partial charge in [0.1, 0.15) is 0 Å². The van der Waals surface area contributed by atoms with Crippen LogP contribution in [0.1, 0.15) is 12.8 Å².